The van der Waals surface area contributed by atoms with E-state index in [0.717, 1.165) is 14.6 Å². The Morgan fingerprint density at radius 2 is 1.41 bits per heavy atom. The SMILES string of the molecule is CCS(=O)(=O)Cl.CCS(=O)(=O)Nc1cccc(Br)c1.Nc1cccc(Br)c1. The van der Waals surface area contributed by atoms with Crippen molar-refractivity contribution >= 4 is 73.0 Å². The molecule has 6 nitrogen and oxygen atoms in total. The number of sulfonamides is 1. The van der Waals surface area contributed by atoms with E-state index in [1.165, 1.54) is 6.92 Å². The van der Waals surface area contributed by atoms with E-state index in [0.29, 0.717) is 5.69 Å². The van der Waals surface area contributed by atoms with Gasteiger partial charge in [0, 0.05) is 31.0 Å². The molecule has 152 valence electrons. The Bertz CT molecular complexity index is 906. The lowest BCUT2D eigenvalue weighted by molar-refractivity contribution is 0.602. The summed E-state index contributed by atoms with van der Waals surface area (Å²) >= 11 is 6.54. The summed E-state index contributed by atoms with van der Waals surface area (Å²) in [7, 11) is -1.66. The van der Waals surface area contributed by atoms with Crippen LogP contribution in [0.2, 0.25) is 0 Å². The lowest BCUT2D eigenvalue weighted by Gasteiger charge is -2.05. The van der Waals surface area contributed by atoms with Gasteiger partial charge in [0.25, 0.3) is 0 Å². The topological polar surface area (TPSA) is 106 Å². The third-order valence-electron chi connectivity index (χ3n) is 2.67. The number of anilines is 2. The molecule has 0 aliphatic heterocycles. The zero-order valence-corrected chi connectivity index (χ0v) is 20.3. The van der Waals surface area contributed by atoms with Gasteiger partial charge in [0.2, 0.25) is 19.1 Å². The maximum Gasteiger partial charge on any atom is 0.232 e. The summed E-state index contributed by atoms with van der Waals surface area (Å²) in [6.45, 7) is 3.09. The van der Waals surface area contributed by atoms with E-state index in [-0.39, 0.29) is 11.5 Å². The first-order valence-corrected chi connectivity index (χ1v) is 13.3. The van der Waals surface area contributed by atoms with Crippen molar-refractivity contribution in [2.24, 2.45) is 0 Å². The molecule has 0 fully saturated rings. The Kier molecular flexibility index (Phi) is 12.2. The first-order valence-electron chi connectivity index (χ1n) is 7.58. The minimum absolute atomic E-state index is 0.00849. The zero-order chi connectivity index (χ0) is 21.1. The van der Waals surface area contributed by atoms with Gasteiger partial charge in [-0.2, -0.15) is 0 Å². The fourth-order valence-electron chi connectivity index (χ4n) is 1.31. The van der Waals surface area contributed by atoms with Crippen molar-refractivity contribution in [2.45, 2.75) is 13.8 Å². The molecule has 2 aromatic carbocycles. The van der Waals surface area contributed by atoms with Crippen LogP contribution in [0.1, 0.15) is 13.8 Å². The highest BCUT2D eigenvalue weighted by Gasteiger charge is 2.05. The number of rotatable bonds is 4. The van der Waals surface area contributed by atoms with Gasteiger partial charge >= 0.3 is 0 Å². The summed E-state index contributed by atoms with van der Waals surface area (Å²) in [5.74, 6) is 0.0913. The van der Waals surface area contributed by atoms with E-state index in [1.807, 2.05) is 30.3 Å². The Hall–Kier alpha value is -0.810. The Morgan fingerprint density at radius 1 is 0.926 bits per heavy atom. The van der Waals surface area contributed by atoms with Crippen LogP contribution in [0.3, 0.4) is 0 Å². The van der Waals surface area contributed by atoms with Crippen molar-refractivity contribution in [2.75, 3.05) is 22.0 Å². The summed E-state index contributed by atoms with van der Waals surface area (Å²) in [5.41, 5.74) is 6.80. The van der Waals surface area contributed by atoms with Crippen molar-refractivity contribution in [3.63, 3.8) is 0 Å². The molecule has 0 aliphatic carbocycles. The predicted octanol–water partition coefficient (Wildman–Crippen LogP) is 4.82. The van der Waals surface area contributed by atoms with Crippen molar-refractivity contribution in [3.8, 4) is 0 Å². The second-order valence-corrected chi connectivity index (χ2v) is 11.8. The number of nitrogen functional groups attached to an aromatic ring is 1. The first-order chi connectivity index (χ1) is 12.4. The van der Waals surface area contributed by atoms with E-state index in [4.69, 9.17) is 5.73 Å². The minimum atomic E-state index is -3.19. The van der Waals surface area contributed by atoms with E-state index < -0.39 is 19.1 Å². The molecule has 0 saturated heterocycles. The normalized spacial score (nSPS) is 10.7. The van der Waals surface area contributed by atoms with Crippen molar-refractivity contribution in [1.29, 1.82) is 0 Å². The number of hydrogen-bond acceptors (Lipinski definition) is 5. The number of hydrogen-bond donors (Lipinski definition) is 2. The summed E-state index contributed by atoms with van der Waals surface area (Å²) in [4.78, 5) is 0. The Morgan fingerprint density at radius 3 is 1.74 bits per heavy atom. The standard InChI is InChI=1S/C8H10BrNO2S.C6H6BrN.C2H5ClO2S/c1-2-13(11,12)10-8-5-3-4-7(9)6-8;7-5-2-1-3-6(8)4-5;1-2-6(3,4)5/h3-6,10H,2H2,1H3;1-4H,8H2;2H2,1H3. The van der Waals surface area contributed by atoms with E-state index in [1.54, 1.807) is 25.1 Å². The molecule has 0 amide bonds. The van der Waals surface area contributed by atoms with E-state index >= 15 is 0 Å². The maximum absolute atomic E-state index is 11.2. The molecular formula is C16H21Br2ClN2O4S2. The highest BCUT2D eigenvalue weighted by molar-refractivity contribution is 9.10. The molecule has 2 rings (SSSR count). The fraction of sp³-hybridized carbons (Fsp3) is 0.250. The van der Waals surface area contributed by atoms with E-state index in [9.17, 15) is 16.8 Å². The van der Waals surface area contributed by atoms with Gasteiger partial charge in [-0.3, -0.25) is 4.72 Å². The predicted molar refractivity (Wildman–Crippen MR) is 121 cm³/mol. The monoisotopic (exact) mass is 562 g/mol. The van der Waals surface area contributed by atoms with Crippen LogP contribution < -0.4 is 10.5 Å². The maximum atomic E-state index is 11.2. The molecule has 2 aromatic rings. The van der Waals surface area contributed by atoms with Crippen LogP contribution >= 0.6 is 42.5 Å². The van der Waals surface area contributed by atoms with Crippen LogP contribution in [0.25, 0.3) is 0 Å². The van der Waals surface area contributed by atoms with Gasteiger partial charge in [0.15, 0.2) is 0 Å². The molecular weight excluding hydrogens is 544 g/mol. The molecule has 3 N–H and O–H groups in total. The van der Waals surface area contributed by atoms with Gasteiger partial charge < -0.3 is 5.73 Å². The van der Waals surface area contributed by atoms with Crippen LogP contribution in [-0.2, 0) is 19.1 Å². The Balaban J connectivity index is 0.000000413. The van der Waals surface area contributed by atoms with Gasteiger partial charge in [0.1, 0.15) is 0 Å². The summed E-state index contributed by atoms with van der Waals surface area (Å²) in [6, 6.07) is 14.6. The lowest BCUT2D eigenvalue weighted by Crippen LogP contribution is -2.14. The molecule has 0 unspecified atom stereocenters. The number of benzene rings is 2. The molecule has 0 spiro atoms. The molecule has 0 heterocycles. The summed E-state index contributed by atoms with van der Waals surface area (Å²) < 4.78 is 46.2. The van der Waals surface area contributed by atoms with Gasteiger partial charge in [-0.25, -0.2) is 16.8 Å². The second kappa shape index (κ2) is 12.6. The highest BCUT2D eigenvalue weighted by Crippen LogP contribution is 2.16. The summed E-state index contributed by atoms with van der Waals surface area (Å²) in [5, 5.41) is 0. The smallest absolute Gasteiger partial charge is 0.232 e. The molecule has 0 radical (unpaired) electrons. The molecule has 0 bridgehead atoms. The molecule has 0 aliphatic rings. The summed E-state index contributed by atoms with van der Waals surface area (Å²) in [6.07, 6.45) is 0. The molecule has 11 heteroatoms. The van der Waals surface area contributed by atoms with Gasteiger partial charge in [-0.1, -0.05) is 50.9 Å². The van der Waals surface area contributed by atoms with Gasteiger partial charge in [-0.05, 0) is 43.3 Å². The van der Waals surface area contributed by atoms with Crippen LogP contribution in [0.5, 0.6) is 0 Å². The van der Waals surface area contributed by atoms with Crippen molar-refractivity contribution in [3.05, 3.63) is 57.5 Å². The lowest BCUT2D eigenvalue weighted by atomic mass is 10.3. The average molecular weight is 565 g/mol. The van der Waals surface area contributed by atoms with Gasteiger partial charge in [-0.15, -0.1) is 0 Å². The first kappa shape index (κ1) is 26.2. The molecule has 0 saturated carbocycles. The second-order valence-electron chi connectivity index (χ2n) is 4.90. The zero-order valence-electron chi connectivity index (χ0n) is 14.7. The van der Waals surface area contributed by atoms with Crippen LogP contribution in [0.15, 0.2) is 57.5 Å². The third-order valence-corrected chi connectivity index (χ3v) is 6.31. The number of halogens is 3. The molecule has 0 aromatic heterocycles. The number of nitrogens with one attached hydrogen (secondary N) is 1. The number of nitrogens with two attached hydrogens (primary N) is 1. The third kappa shape index (κ3) is 14.9. The van der Waals surface area contributed by atoms with Crippen molar-refractivity contribution < 1.29 is 16.8 Å². The minimum Gasteiger partial charge on any atom is -0.399 e. The van der Waals surface area contributed by atoms with Crippen LogP contribution in [0.4, 0.5) is 11.4 Å². The molecule has 27 heavy (non-hydrogen) atoms. The van der Waals surface area contributed by atoms with Gasteiger partial charge in [0.05, 0.1) is 11.5 Å². The largest absolute Gasteiger partial charge is 0.399 e. The fourth-order valence-corrected chi connectivity index (χ4v) is 2.76. The molecule has 0 atom stereocenters. The van der Waals surface area contributed by atoms with E-state index in [2.05, 4.69) is 47.3 Å². The average Bonchev–Trinajstić information content (AvgIpc) is 2.55. The van der Waals surface area contributed by atoms with Crippen LogP contribution in [0, 0.1) is 0 Å². The highest BCUT2D eigenvalue weighted by atomic mass is 79.9. The van der Waals surface area contributed by atoms with Crippen molar-refractivity contribution in [1.82, 2.24) is 0 Å². The Labute approximate surface area is 182 Å². The quantitative estimate of drug-likeness (QED) is 0.409. The van der Waals surface area contributed by atoms with Crippen LogP contribution in [-0.4, -0.2) is 28.3 Å².